The van der Waals surface area contributed by atoms with Gasteiger partial charge in [0.25, 0.3) is 5.91 Å². The van der Waals surface area contributed by atoms with Gasteiger partial charge in [0.05, 0.1) is 24.5 Å². The molecule has 5 heteroatoms. The third-order valence-electron chi connectivity index (χ3n) is 4.00. The van der Waals surface area contributed by atoms with Crippen LogP contribution in [0.25, 0.3) is 0 Å². The van der Waals surface area contributed by atoms with E-state index in [9.17, 15) is 4.79 Å². The molecule has 1 heterocycles. The second kappa shape index (κ2) is 6.13. The first-order chi connectivity index (χ1) is 9.58. The van der Waals surface area contributed by atoms with Crippen molar-refractivity contribution < 1.29 is 14.3 Å². The van der Waals surface area contributed by atoms with Crippen molar-refractivity contribution in [2.45, 2.75) is 19.4 Å². The standard InChI is InChI=1S/C15H22N2O3/c1-10-7-8-17(9-13(10)20-3)15(18)11-5-4-6-12(19-2)14(11)16/h4-6,10,13H,7-9,16H2,1-3H3. The highest BCUT2D eigenvalue weighted by Crippen LogP contribution is 2.27. The van der Waals surface area contributed by atoms with Crippen LogP contribution in [0.1, 0.15) is 23.7 Å². The molecule has 2 atom stereocenters. The topological polar surface area (TPSA) is 64.8 Å². The highest BCUT2D eigenvalue weighted by atomic mass is 16.5. The molecule has 1 aromatic rings. The number of methoxy groups -OCH3 is 2. The zero-order valence-corrected chi connectivity index (χ0v) is 12.3. The zero-order chi connectivity index (χ0) is 14.7. The van der Waals surface area contributed by atoms with Crippen LogP contribution in [0.15, 0.2) is 18.2 Å². The number of anilines is 1. The Labute approximate surface area is 119 Å². The number of nitrogen functional groups attached to an aromatic ring is 1. The number of likely N-dealkylation sites (tertiary alicyclic amines) is 1. The summed E-state index contributed by atoms with van der Waals surface area (Å²) in [5.74, 6) is 0.937. The summed E-state index contributed by atoms with van der Waals surface area (Å²) in [5, 5.41) is 0. The third kappa shape index (κ3) is 2.72. The van der Waals surface area contributed by atoms with Gasteiger partial charge in [-0.25, -0.2) is 0 Å². The van der Waals surface area contributed by atoms with Crippen molar-refractivity contribution >= 4 is 11.6 Å². The lowest BCUT2D eigenvalue weighted by Gasteiger charge is -2.36. The number of nitrogens with two attached hydrogens (primary N) is 1. The number of ether oxygens (including phenoxy) is 2. The molecule has 2 rings (SSSR count). The van der Waals surface area contributed by atoms with Crippen LogP contribution in [-0.4, -0.2) is 44.2 Å². The van der Waals surface area contributed by atoms with E-state index in [1.807, 2.05) is 0 Å². The molecule has 1 aliphatic heterocycles. The number of para-hydroxylation sites is 1. The molecule has 1 aliphatic rings. The van der Waals surface area contributed by atoms with Gasteiger partial charge < -0.3 is 20.1 Å². The zero-order valence-electron chi connectivity index (χ0n) is 12.3. The van der Waals surface area contributed by atoms with Crippen LogP contribution in [0.3, 0.4) is 0 Å². The Morgan fingerprint density at radius 3 is 2.80 bits per heavy atom. The summed E-state index contributed by atoms with van der Waals surface area (Å²) in [7, 11) is 3.23. The summed E-state index contributed by atoms with van der Waals surface area (Å²) in [6, 6.07) is 5.27. The Morgan fingerprint density at radius 2 is 2.15 bits per heavy atom. The molecule has 0 radical (unpaired) electrons. The molecular formula is C15H22N2O3. The molecule has 0 spiro atoms. The van der Waals surface area contributed by atoms with Crippen LogP contribution in [0.5, 0.6) is 5.75 Å². The van der Waals surface area contributed by atoms with E-state index in [1.165, 1.54) is 0 Å². The van der Waals surface area contributed by atoms with Crippen LogP contribution >= 0.6 is 0 Å². The lowest BCUT2D eigenvalue weighted by Crippen LogP contribution is -2.46. The summed E-state index contributed by atoms with van der Waals surface area (Å²) in [6.45, 7) is 3.49. The Kier molecular flexibility index (Phi) is 4.49. The molecule has 1 amide bonds. The highest BCUT2D eigenvalue weighted by molar-refractivity contribution is 6.00. The molecule has 20 heavy (non-hydrogen) atoms. The summed E-state index contributed by atoms with van der Waals surface area (Å²) in [5.41, 5.74) is 6.88. The molecule has 2 N–H and O–H groups in total. The van der Waals surface area contributed by atoms with Crippen LogP contribution in [0.2, 0.25) is 0 Å². The summed E-state index contributed by atoms with van der Waals surface area (Å²) < 4.78 is 10.6. The maximum Gasteiger partial charge on any atom is 0.256 e. The number of piperidine rings is 1. The van der Waals surface area contributed by atoms with Crippen molar-refractivity contribution in [1.29, 1.82) is 0 Å². The second-order valence-corrected chi connectivity index (χ2v) is 5.21. The Bertz CT molecular complexity index is 490. The van der Waals surface area contributed by atoms with Crippen molar-refractivity contribution in [1.82, 2.24) is 4.90 Å². The van der Waals surface area contributed by atoms with Gasteiger partial charge in [-0.1, -0.05) is 13.0 Å². The van der Waals surface area contributed by atoms with Crippen LogP contribution in [0.4, 0.5) is 5.69 Å². The minimum Gasteiger partial charge on any atom is -0.495 e. The smallest absolute Gasteiger partial charge is 0.256 e. The first-order valence-electron chi connectivity index (χ1n) is 6.83. The van der Waals surface area contributed by atoms with E-state index < -0.39 is 0 Å². The Hall–Kier alpha value is -1.75. The first-order valence-corrected chi connectivity index (χ1v) is 6.83. The fourth-order valence-corrected chi connectivity index (χ4v) is 2.60. The number of benzene rings is 1. The van der Waals surface area contributed by atoms with Gasteiger partial charge in [-0.3, -0.25) is 4.79 Å². The van der Waals surface area contributed by atoms with Crippen LogP contribution in [0, 0.1) is 5.92 Å². The minimum atomic E-state index is -0.0599. The number of carbonyl (C=O) groups excluding carboxylic acids is 1. The molecule has 1 fully saturated rings. The van der Waals surface area contributed by atoms with E-state index in [2.05, 4.69) is 6.92 Å². The van der Waals surface area contributed by atoms with Gasteiger partial charge in [0.1, 0.15) is 5.75 Å². The van der Waals surface area contributed by atoms with E-state index >= 15 is 0 Å². The van der Waals surface area contributed by atoms with E-state index in [0.29, 0.717) is 29.5 Å². The highest BCUT2D eigenvalue weighted by Gasteiger charge is 2.30. The molecule has 0 aromatic heterocycles. The van der Waals surface area contributed by atoms with Crippen molar-refractivity contribution in [2.75, 3.05) is 33.0 Å². The summed E-state index contributed by atoms with van der Waals surface area (Å²) >= 11 is 0. The minimum absolute atomic E-state index is 0.0599. The average Bonchev–Trinajstić information content (AvgIpc) is 2.47. The molecule has 0 bridgehead atoms. The van der Waals surface area contributed by atoms with Crippen molar-refractivity contribution in [2.24, 2.45) is 5.92 Å². The molecule has 110 valence electrons. The molecule has 1 saturated heterocycles. The molecule has 0 saturated carbocycles. The van der Waals surface area contributed by atoms with Gasteiger partial charge in [0.15, 0.2) is 0 Å². The van der Waals surface area contributed by atoms with Gasteiger partial charge in [-0.2, -0.15) is 0 Å². The monoisotopic (exact) mass is 278 g/mol. The molecule has 0 aliphatic carbocycles. The van der Waals surface area contributed by atoms with Crippen molar-refractivity contribution in [3.63, 3.8) is 0 Å². The van der Waals surface area contributed by atoms with Crippen LogP contribution in [-0.2, 0) is 4.74 Å². The predicted octanol–water partition coefficient (Wildman–Crippen LogP) is 1.77. The first kappa shape index (κ1) is 14.7. The van der Waals surface area contributed by atoms with Gasteiger partial charge in [-0.15, -0.1) is 0 Å². The Morgan fingerprint density at radius 1 is 1.40 bits per heavy atom. The molecule has 2 unspecified atom stereocenters. The fourth-order valence-electron chi connectivity index (χ4n) is 2.60. The van der Waals surface area contributed by atoms with Gasteiger partial charge >= 0.3 is 0 Å². The lowest BCUT2D eigenvalue weighted by atomic mass is 9.95. The number of rotatable bonds is 3. The largest absolute Gasteiger partial charge is 0.495 e. The lowest BCUT2D eigenvalue weighted by molar-refractivity contribution is -0.00153. The number of hydrogen-bond donors (Lipinski definition) is 1. The second-order valence-electron chi connectivity index (χ2n) is 5.21. The molecule has 5 nitrogen and oxygen atoms in total. The quantitative estimate of drug-likeness (QED) is 0.856. The van der Waals surface area contributed by atoms with Crippen LogP contribution < -0.4 is 10.5 Å². The SMILES string of the molecule is COc1cccc(C(=O)N2CCC(C)C(OC)C2)c1N. The van der Waals surface area contributed by atoms with E-state index in [1.54, 1.807) is 37.3 Å². The summed E-state index contributed by atoms with van der Waals surface area (Å²) in [4.78, 5) is 14.4. The maximum absolute atomic E-state index is 12.6. The van der Waals surface area contributed by atoms with Gasteiger partial charge in [-0.05, 0) is 24.5 Å². The van der Waals surface area contributed by atoms with Crippen molar-refractivity contribution in [3.05, 3.63) is 23.8 Å². The van der Waals surface area contributed by atoms with E-state index in [-0.39, 0.29) is 12.0 Å². The molecule has 1 aromatic carbocycles. The number of hydrogen-bond acceptors (Lipinski definition) is 4. The van der Waals surface area contributed by atoms with Gasteiger partial charge in [0, 0.05) is 20.2 Å². The van der Waals surface area contributed by atoms with E-state index in [4.69, 9.17) is 15.2 Å². The normalized spacial score (nSPS) is 22.6. The predicted molar refractivity (Wildman–Crippen MR) is 77.9 cm³/mol. The van der Waals surface area contributed by atoms with E-state index in [0.717, 1.165) is 13.0 Å². The van der Waals surface area contributed by atoms with Crippen molar-refractivity contribution in [3.8, 4) is 5.75 Å². The maximum atomic E-state index is 12.6. The van der Waals surface area contributed by atoms with Gasteiger partial charge in [0.2, 0.25) is 0 Å². The third-order valence-corrected chi connectivity index (χ3v) is 4.00. The average molecular weight is 278 g/mol. The number of amides is 1. The number of nitrogens with zero attached hydrogens (tertiary/aromatic N) is 1. The molecular weight excluding hydrogens is 256 g/mol. The fraction of sp³-hybridized carbons (Fsp3) is 0.533. The Balaban J connectivity index is 2.19. The number of carbonyl (C=O) groups is 1. The summed E-state index contributed by atoms with van der Waals surface area (Å²) in [6.07, 6.45) is 1.02.